The van der Waals surface area contributed by atoms with Crippen molar-refractivity contribution in [3.63, 3.8) is 0 Å². The Labute approximate surface area is 508 Å². The van der Waals surface area contributed by atoms with Crippen LogP contribution in [0.2, 0.25) is 0 Å². The Morgan fingerprint density at radius 3 is 1.16 bits per heavy atom. The second-order valence-corrected chi connectivity index (χ2v) is 24.2. The van der Waals surface area contributed by atoms with Crippen LogP contribution in [0.3, 0.4) is 0 Å². The van der Waals surface area contributed by atoms with Gasteiger partial charge in [-0.1, -0.05) is 308 Å². The van der Waals surface area contributed by atoms with Gasteiger partial charge < -0.3 is 39.0 Å². The van der Waals surface area contributed by atoms with E-state index in [1.807, 2.05) is 0 Å². The highest BCUT2D eigenvalue weighted by molar-refractivity contribution is 5.74. The Hall–Kier alpha value is -3.06. The van der Waals surface area contributed by atoms with Gasteiger partial charge in [0.1, 0.15) is 18.8 Å². The van der Waals surface area contributed by atoms with Gasteiger partial charge in [0.05, 0.1) is 6.61 Å². The molecule has 0 bridgehead atoms. The lowest BCUT2D eigenvalue weighted by molar-refractivity contribution is -0.301. The minimum absolute atomic E-state index is 0.0649. The zero-order valence-corrected chi connectivity index (χ0v) is 53.7. The highest BCUT2D eigenvalue weighted by Crippen LogP contribution is 2.27. The molecule has 484 valence electrons. The summed E-state index contributed by atoms with van der Waals surface area (Å²) in [6.07, 6.45) is 59.6. The fraction of sp³-hybridized carbons (Fsp3) is 0.859. The molecule has 0 radical (unpaired) electrons. The fourth-order valence-corrected chi connectivity index (χ4v) is 10.9. The van der Waals surface area contributed by atoms with Gasteiger partial charge in [-0.3, -0.25) is 14.4 Å². The molecule has 0 amide bonds. The molecule has 6 unspecified atom stereocenters. The Bertz CT molecular complexity index is 1580. The van der Waals surface area contributed by atoms with Crippen molar-refractivity contribution in [3.8, 4) is 0 Å². The fourth-order valence-electron chi connectivity index (χ4n) is 10.9. The van der Waals surface area contributed by atoms with Crippen LogP contribution in [0.5, 0.6) is 0 Å². The zero-order chi connectivity index (χ0) is 60.3. The molecule has 3 N–H and O–H groups in total. The van der Waals surface area contributed by atoms with Crippen molar-refractivity contribution in [2.45, 2.75) is 379 Å². The molecule has 0 aliphatic carbocycles. The summed E-state index contributed by atoms with van der Waals surface area (Å²) in [7, 11) is 0. The summed E-state index contributed by atoms with van der Waals surface area (Å²) < 4.78 is 28.6. The van der Waals surface area contributed by atoms with Crippen LogP contribution in [0.4, 0.5) is 0 Å². The van der Waals surface area contributed by atoms with Gasteiger partial charge in [0, 0.05) is 19.3 Å². The minimum atomic E-state index is -1.90. The van der Waals surface area contributed by atoms with Crippen LogP contribution < -0.4 is 0 Å². The van der Waals surface area contributed by atoms with Gasteiger partial charge >= 0.3 is 23.9 Å². The minimum Gasteiger partial charge on any atom is -0.479 e. The van der Waals surface area contributed by atoms with Crippen LogP contribution in [0.25, 0.3) is 0 Å². The number of aliphatic hydroxyl groups is 2. The van der Waals surface area contributed by atoms with E-state index in [0.29, 0.717) is 19.3 Å². The van der Waals surface area contributed by atoms with Crippen LogP contribution in [0, 0.1) is 0 Å². The van der Waals surface area contributed by atoms with E-state index in [4.69, 9.17) is 23.7 Å². The smallest absolute Gasteiger partial charge is 0.335 e. The number of carbonyl (C=O) groups is 4. The standard InChI is InChI=1S/C71H128O12/c1-4-7-10-13-16-19-22-25-28-30-32-34-37-39-42-45-48-51-54-57-63(72)79-60-62(81-64(73)58-55-52-49-46-43-40-36-27-24-21-18-15-12-9-6-3)61-80-71-69(67(76)66(75)68(83-71)70(77)78)82-65(74)59-56-53-50-47-44-41-38-35-33-31-29-26-23-20-17-14-11-8-5-2/h9,12,18,21,27,36,62,66-69,71,75-76H,4-8,10-11,13-17,19-20,22-26,28-35,37-61H2,1-3H3,(H,77,78)/b12-9-,21-18-,36-27-. The first-order chi connectivity index (χ1) is 40.6. The molecule has 1 heterocycles. The number of carboxylic acid groups (broad SMARTS) is 1. The molecule has 0 aromatic heterocycles. The van der Waals surface area contributed by atoms with Crippen molar-refractivity contribution in [2.75, 3.05) is 13.2 Å². The second kappa shape index (κ2) is 59.3. The van der Waals surface area contributed by atoms with Crippen molar-refractivity contribution < 1.29 is 58.2 Å². The normalized spacial score (nSPS) is 17.7. The van der Waals surface area contributed by atoms with Crippen LogP contribution in [0.1, 0.15) is 342 Å². The molecule has 1 fully saturated rings. The summed E-state index contributed by atoms with van der Waals surface area (Å²) in [5, 5.41) is 31.7. The van der Waals surface area contributed by atoms with Gasteiger partial charge in [-0.05, 0) is 51.4 Å². The predicted molar refractivity (Wildman–Crippen MR) is 340 cm³/mol. The molecule has 0 aromatic carbocycles. The average molecular weight is 1170 g/mol. The lowest BCUT2D eigenvalue weighted by atomic mass is 9.98. The molecule has 0 saturated carbocycles. The molecule has 1 saturated heterocycles. The van der Waals surface area contributed by atoms with Gasteiger partial charge in [0.15, 0.2) is 24.6 Å². The molecule has 12 heteroatoms. The number of carboxylic acids is 1. The maximum absolute atomic E-state index is 13.2. The molecule has 0 aromatic rings. The van der Waals surface area contributed by atoms with Gasteiger partial charge in [0.25, 0.3) is 0 Å². The number of ether oxygens (including phenoxy) is 5. The number of rotatable bonds is 61. The number of hydrogen-bond donors (Lipinski definition) is 3. The average Bonchev–Trinajstić information content (AvgIpc) is 3.60. The lowest BCUT2D eigenvalue weighted by Gasteiger charge is -2.40. The maximum atomic E-state index is 13.2. The van der Waals surface area contributed by atoms with E-state index in [0.717, 1.165) is 89.9 Å². The maximum Gasteiger partial charge on any atom is 0.335 e. The van der Waals surface area contributed by atoms with E-state index >= 15 is 0 Å². The summed E-state index contributed by atoms with van der Waals surface area (Å²) in [5.74, 6) is -3.10. The summed E-state index contributed by atoms with van der Waals surface area (Å²) in [5.41, 5.74) is 0. The predicted octanol–water partition coefficient (Wildman–Crippen LogP) is 19.1. The van der Waals surface area contributed by atoms with Gasteiger partial charge in [-0.15, -0.1) is 0 Å². The third-order valence-electron chi connectivity index (χ3n) is 16.2. The Kier molecular flexibility index (Phi) is 55.7. The van der Waals surface area contributed by atoms with Crippen LogP contribution in [0.15, 0.2) is 36.5 Å². The molecule has 1 aliphatic rings. The second-order valence-electron chi connectivity index (χ2n) is 24.2. The first kappa shape index (κ1) is 78.0. The number of esters is 3. The van der Waals surface area contributed by atoms with Crippen molar-refractivity contribution in [1.29, 1.82) is 0 Å². The van der Waals surface area contributed by atoms with E-state index < -0.39 is 67.3 Å². The van der Waals surface area contributed by atoms with E-state index in [9.17, 15) is 34.5 Å². The molecule has 1 aliphatic heterocycles. The number of carbonyl (C=O) groups excluding carboxylic acids is 3. The number of allylic oxidation sites excluding steroid dienone is 6. The van der Waals surface area contributed by atoms with Gasteiger partial charge in [0.2, 0.25) is 0 Å². The van der Waals surface area contributed by atoms with Crippen molar-refractivity contribution in [2.24, 2.45) is 0 Å². The Balaban J connectivity index is 2.60. The largest absolute Gasteiger partial charge is 0.479 e. The molecule has 6 atom stereocenters. The number of unbranched alkanes of at least 4 members (excludes halogenated alkanes) is 41. The Morgan fingerprint density at radius 1 is 0.410 bits per heavy atom. The lowest BCUT2D eigenvalue weighted by Crippen LogP contribution is -2.61. The zero-order valence-electron chi connectivity index (χ0n) is 53.7. The number of hydrogen-bond acceptors (Lipinski definition) is 11. The Morgan fingerprint density at radius 2 is 0.759 bits per heavy atom. The summed E-state index contributed by atoms with van der Waals surface area (Å²) in [6, 6.07) is 0. The third-order valence-corrected chi connectivity index (χ3v) is 16.2. The number of aliphatic hydroxyl groups excluding tert-OH is 2. The van der Waals surface area contributed by atoms with Crippen molar-refractivity contribution in [1.82, 2.24) is 0 Å². The summed E-state index contributed by atoms with van der Waals surface area (Å²) in [4.78, 5) is 51.4. The van der Waals surface area contributed by atoms with Crippen LogP contribution >= 0.6 is 0 Å². The van der Waals surface area contributed by atoms with E-state index in [1.165, 1.54) is 193 Å². The monoisotopic (exact) mass is 1170 g/mol. The molecule has 1 rings (SSSR count). The topological polar surface area (TPSA) is 175 Å². The molecule has 0 spiro atoms. The van der Waals surface area contributed by atoms with Crippen molar-refractivity contribution in [3.05, 3.63) is 36.5 Å². The van der Waals surface area contributed by atoms with E-state index in [1.54, 1.807) is 0 Å². The molecule has 83 heavy (non-hydrogen) atoms. The highest BCUT2D eigenvalue weighted by Gasteiger charge is 2.50. The summed E-state index contributed by atoms with van der Waals surface area (Å²) in [6.45, 7) is 5.95. The summed E-state index contributed by atoms with van der Waals surface area (Å²) >= 11 is 0. The number of aliphatic carboxylic acids is 1. The third kappa shape index (κ3) is 48.7. The van der Waals surface area contributed by atoms with E-state index in [-0.39, 0.29) is 25.9 Å². The molecular weight excluding hydrogens is 1040 g/mol. The van der Waals surface area contributed by atoms with Crippen LogP contribution in [-0.2, 0) is 42.9 Å². The van der Waals surface area contributed by atoms with Gasteiger partial charge in [-0.25, -0.2) is 4.79 Å². The molecular formula is C71H128O12. The molecule has 12 nitrogen and oxygen atoms in total. The quantitative estimate of drug-likeness (QED) is 0.0228. The SMILES string of the molecule is CC/C=C\C/C=C\C/C=C\CCCCCCCC(=O)OC(COC(=O)CCCCCCCCCCCCCCCCCCCCC)COC1OC(C(=O)O)C(O)C(O)C1OC(=O)CCCCCCCCCCCCCCCCCCCCC. The van der Waals surface area contributed by atoms with Crippen LogP contribution in [-0.4, -0.2) is 89.2 Å². The highest BCUT2D eigenvalue weighted by atomic mass is 16.7. The van der Waals surface area contributed by atoms with E-state index in [2.05, 4.69) is 57.2 Å². The first-order valence-electron chi connectivity index (χ1n) is 35.0. The van der Waals surface area contributed by atoms with Crippen molar-refractivity contribution >= 4 is 23.9 Å². The first-order valence-corrected chi connectivity index (χ1v) is 35.0. The van der Waals surface area contributed by atoms with Gasteiger partial charge in [-0.2, -0.15) is 0 Å².